The van der Waals surface area contributed by atoms with Crippen LogP contribution in [0, 0.1) is 5.41 Å². The average Bonchev–Trinajstić information content (AvgIpc) is 2.79. The number of aliphatic hydroxyl groups is 1. The molecule has 0 aromatic carbocycles. The standard InChI is InChI=1S/C12H15BrN4O2/c1-12(2,6-18)5-16-11(19)7-3-14-10-9(7)17-8(13)4-15-10/h3-4,18H,5-6H2,1-2H3,(H,14,15)(H,16,19). The van der Waals surface area contributed by atoms with E-state index < -0.39 is 0 Å². The molecule has 0 aliphatic carbocycles. The predicted octanol–water partition coefficient (Wildman–Crippen LogP) is 1.47. The van der Waals surface area contributed by atoms with Gasteiger partial charge in [-0.3, -0.25) is 4.79 Å². The summed E-state index contributed by atoms with van der Waals surface area (Å²) < 4.78 is 0.573. The van der Waals surface area contributed by atoms with Crippen molar-refractivity contribution in [3.05, 3.63) is 22.6 Å². The van der Waals surface area contributed by atoms with Gasteiger partial charge < -0.3 is 15.4 Å². The molecule has 0 aliphatic rings. The normalized spacial score (nSPS) is 11.8. The van der Waals surface area contributed by atoms with Gasteiger partial charge in [0.2, 0.25) is 0 Å². The van der Waals surface area contributed by atoms with E-state index in [4.69, 9.17) is 5.11 Å². The van der Waals surface area contributed by atoms with Crippen LogP contribution in [0.4, 0.5) is 0 Å². The van der Waals surface area contributed by atoms with Crippen LogP contribution in [0.1, 0.15) is 24.2 Å². The van der Waals surface area contributed by atoms with Gasteiger partial charge in [0.05, 0.1) is 11.8 Å². The molecule has 2 heterocycles. The second kappa shape index (κ2) is 5.26. The van der Waals surface area contributed by atoms with Crippen LogP contribution in [0.15, 0.2) is 17.0 Å². The van der Waals surface area contributed by atoms with E-state index in [0.717, 1.165) is 0 Å². The molecule has 1 amide bonds. The summed E-state index contributed by atoms with van der Waals surface area (Å²) in [6.45, 7) is 4.14. The van der Waals surface area contributed by atoms with Crippen molar-refractivity contribution in [2.75, 3.05) is 13.2 Å². The summed E-state index contributed by atoms with van der Waals surface area (Å²) in [5, 5.41) is 11.9. The lowest BCUT2D eigenvalue weighted by Gasteiger charge is -2.21. The molecule has 0 bridgehead atoms. The van der Waals surface area contributed by atoms with Crippen molar-refractivity contribution < 1.29 is 9.90 Å². The first-order chi connectivity index (χ1) is 8.93. The number of nitrogens with one attached hydrogen (secondary N) is 2. The lowest BCUT2D eigenvalue weighted by Crippen LogP contribution is -2.36. The zero-order valence-corrected chi connectivity index (χ0v) is 12.3. The zero-order chi connectivity index (χ0) is 14.0. The minimum atomic E-state index is -0.353. The minimum Gasteiger partial charge on any atom is -0.396 e. The highest BCUT2D eigenvalue weighted by Crippen LogP contribution is 2.17. The van der Waals surface area contributed by atoms with Gasteiger partial charge in [-0.05, 0) is 15.9 Å². The Morgan fingerprint density at radius 1 is 1.58 bits per heavy atom. The molecule has 2 aromatic heterocycles. The quantitative estimate of drug-likeness (QED) is 0.793. The van der Waals surface area contributed by atoms with Crippen LogP contribution in [0.2, 0.25) is 0 Å². The molecule has 0 saturated carbocycles. The van der Waals surface area contributed by atoms with E-state index in [0.29, 0.717) is 27.9 Å². The number of amides is 1. The van der Waals surface area contributed by atoms with Gasteiger partial charge in [0.1, 0.15) is 10.1 Å². The lowest BCUT2D eigenvalue weighted by molar-refractivity contribution is 0.0912. The van der Waals surface area contributed by atoms with E-state index in [1.807, 2.05) is 13.8 Å². The first-order valence-corrected chi connectivity index (χ1v) is 6.61. The fraction of sp³-hybridized carbons (Fsp3) is 0.417. The third-order valence-electron chi connectivity index (χ3n) is 2.75. The molecule has 6 nitrogen and oxygen atoms in total. The van der Waals surface area contributed by atoms with Crippen LogP contribution in [0.25, 0.3) is 11.2 Å². The van der Waals surface area contributed by atoms with E-state index in [9.17, 15) is 4.79 Å². The summed E-state index contributed by atoms with van der Waals surface area (Å²) in [5.41, 5.74) is 1.18. The maximum Gasteiger partial charge on any atom is 0.255 e. The van der Waals surface area contributed by atoms with Crippen molar-refractivity contribution in [1.82, 2.24) is 20.3 Å². The Morgan fingerprint density at radius 3 is 3.00 bits per heavy atom. The number of nitrogens with zero attached hydrogens (tertiary/aromatic N) is 2. The summed E-state index contributed by atoms with van der Waals surface area (Å²) in [6, 6.07) is 0. The highest BCUT2D eigenvalue weighted by molar-refractivity contribution is 9.10. The summed E-state index contributed by atoms with van der Waals surface area (Å²) in [7, 11) is 0. The molecule has 0 unspecified atom stereocenters. The molecular formula is C12H15BrN4O2. The van der Waals surface area contributed by atoms with Gasteiger partial charge in [0.25, 0.3) is 5.91 Å². The van der Waals surface area contributed by atoms with E-state index in [-0.39, 0.29) is 17.9 Å². The lowest BCUT2D eigenvalue weighted by atomic mass is 9.95. The van der Waals surface area contributed by atoms with Crippen LogP contribution in [0.3, 0.4) is 0 Å². The molecule has 0 fully saturated rings. The Labute approximate surface area is 118 Å². The monoisotopic (exact) mass is 326 g/mol. The fourth-order valence-corrected chi connectivity index (χ4v) is 1.79. The van der Waals surface area contributed by atoms with Crippen molar-refractivity contribution in [2.45, 2.75) is 13.8 Å². The molecule has 0 saturated heterocycles. The number of carbonyl (C=O) groups excluding carboxylic acids is 1. The number of aromatic amines is 1. The molecule has 102 valence electrons. The molecule has 19 heavy (non-hydrogen) atoms. The molecule has 0 radical (unpaired) electrons. The summed E-state index contributed by atoms with van der Waals surface area (Å²) in [5.74, 6) is -0.236. The SMILES string of the molecule is CC(C)(CO)CNC(=O)c1c[nH]c2ncc(Br)nc12. The molecule has 0 spiro atoms. The average molecular weight is 327 g/mol. The van der Waals surface area contributed by atoms with Gasteiger partial charge in [-0.25, -0.2) is 9.97 Å². The molecule has 7 heteroatoms. The van der Waals surface area contributed by atoms with Crippen LogP contribution < -0.4 is 5.32 Å². The Morgan fingerprint density at radius 2 is 2.32 bits per heavy atom. The fourth-order valence-electron chi connectivity index (χ4n) is 1.51. The van der Waals surface area contributed by atoms with Crippen LogP contribution in [-0.4, -0.2) is 39.1 Å². The second-order valence-corrected chi connectivity index (χ2v) is 5.91. The smallest absolute Gasteiger partial charge is 0.255 e. The molecule has 2 rings (SSSR count). The largest absolute Gasteiger partial charge is 0.396 e. The van der Waals surface area contributed by atoms with E-state index >= 15 is 0 Å². The van der Waals surface area contributed by atoms with E-state index in [2.05, 4.69) is 36.2 Å². The van der Waals surface area contributed by atoms with Crippen LogP contribution >= 0.6 is 15.9 Å². The summed E-state index contributed by atoms with van der Waals surface area (Å²) >= 11 is 3.23. The predicted molar refractivity (Wildman–Crippen MR) is 74.8 cm³/mol. The first kappa shape index (κ1) is 14.0. The maximum absolute atomic E-state index is 12.1. The van der Waals surface area contributed by atoms with Crippen LogP contribution in [0.5, 0.6) is 0 Å². The number of H-pyrrole nitrogens is 1. The van der Waals surface area contributed by atoms with Gasteiger partial charge in [0.15, 0.2) is 5.65 Å². The van der Waals surface area contributed by atoms with Crippen molar-refractivity contribution in [3.63, 3.8) is 0 Å². The van der Waals surface area contributed by atoms with Crippen molar-refractivity contribution in [3.8, 4) is 0 Å². The zero-order valence-electron chi connectivity index (χ0n) is 10.7. The highest BCUT2D eigenvalue weighted by atomic mass is 79.9. The first-order valence-electron chi connectivity index (χ1n) is 5.82. The topological polar surface area (TPSA) is 90.9 Å². The number of carbonyl (C=O) groups is 1. The van der Waals surface area contributed by atoms with Gasteiger partial charge in [-0.15, -0.1) is 0 Å². The number of hydrogen-bond acceptors (Lipinski definition) is 4. The summed E-state index contributed by atoms with van der Waals surface area (Å²) in [6.07, 6.45) is 3.15. The van der Waals surface area contributed by atoms with Gasteiger partial charge >= 0.3 is 0 Å². The Kier molecular flexibility index (Phi) is 3.86. The molecule has 0 aliphatic heterocycles. The van der Waals surface area contributed by atoms with Crippen LogP contribution in [-0.2, 0) is 0 Å². The number of hydrogen-bond donors (Lipinski definition) is 3. The summed E-state index contributed by atoms with van der Waals surface area (Å²) in [4.78, 5) is 23.4. The molecule has 3 N–H and O–H groups in total. The van der Waals surface area contributed by atoms with E-state index in [1.165, 1.54) is 0 Å². The number of halogens is 1. The second-order valence-electron chi connectivity index (χ2n) is 5.10. The number of aliphatic hydroxyl groups excluding tert-OH is 1. The van der Waals surface area contributed by atoms with Crippen molar-refractivity contribution in [1.29, 1.82) is 0 Å². The Bertz CT molecular complexity index is 609. The van der Waals surface area contributed by atoms with Gasteiger partial charge in [-0.2, -0.15) is 0 Å². The third-order valence-corrected chi connectivity index (χ3v) is 3.13. The van der Waals surface area contributed by atoms with E-state index in [1.54, 1.807) is 12.4 Å². The molecule has 2 aromatic rings. The van der Waals surface area contributed by atoms with Gasteiger partial charge in [-0.1, -0.05) is 13.8 Å². The maximum atomic E-state index is 12.1. The Balaban J connectivity index is 2.20. The number of fused-ring (bicyclic) bond motifs is 1. The minimum absolute atomic E-state index is 0.00647. The van der Waals surface area contributed by atoms with Crippen molar-refractivity contribution >= 4 is 33.0 Å². The molecule has 0 atom stereocenters. The van der Waals surface area contributed by atoms with Gasteiger partial charge in [0, 0.05) is 24.8 Å². The Hall–Kier alpha value is -1.47. The molecular weight excluding hydrogens is 312 g/mol. The third kappa shape index (κ3) is 3.10. The number of rotatable bonds is 4. The van der Waals surface area contributed by atoms with Crippen molar-refractivity contribution in [2.24, 2.45) is 5.41 Å². The highest BCUT2D eigenvalue weighted by Gasteiger charge is 2.20. The number of aromatic nitrogens is 3.